The van der Waals surface area contributed by atoms with Crippen LogP contribution in [0.4, 0.5) is 0 Å². The first-order valence-corrected chi connectivity index (χ1v) is 9.52. The van der Waals surface area contributed by atoms with E-state index in [1.54, 1.807) is 0 Å². The van der Waals surface area contributed by atoms with Crippen LogP contribution in [-0.2, 0) is 5.41 Å². The Balaban J connectivity index is 2.27. The molecule has 2 aromatic rings. The summed E-state index contributed by atoms with van der Waals surface area (Å²) in [6, 6.07) is 17.0. The van der Waals surface area contributed by atoms with Crippen molar-refractivity contribution in [2.45, 2.75) is 78.4 Å². The van der Waals surface area contributed by atoms with Gasteiger partial charge in [-0.3, -0.25) is 0 Å². The summed E-state index contributed by atoms with van der Waals surface area (Å²) in [5, 5.41) is 0. The molecular weight excluding hydrogens is 320 g/mol. The highest BCUT2D eigenvalue weighted by atomic mass is 16.5. The standard InChI is InChI=1S/C24H34O2/c1-9-24(8,18-10-14-20(15-11-18)25-22(2,3)4)19-12-16-21(17-13-19)26-23(5,6)7/h10-17H,9H2,1-8H3. The van der Waals surface area contributed by atoms with Crippen molar-refractivity contribution in [3.8, 4) is 11.5 Å². The lowest BCUT2D eigenvalue weighted by molar-refractivity contribution is 0.130. The van der Waals surface area contributed by atoms with E-state index in [9.17, 15) is 0 Å². The molecule has 2 nitrogen and oxygen atoms in total. The van der Waals surface area contributed by atoms with Crippen LogP contribution in [0.1, 0.15) is 72.9 Å². The van der Waals surface area contributed by atoms with Crippen molar-refractivity contribution in [3.63, 3.8) is 0 Å². The maximum absolute atomic E-state index is 5.95. The number of rotatable bonds is 5. The van der Waals surface area contributed by atoms with Gasteiger partial charge < -0.3 is 9.47 Å². The van der Waals surface area contributed by atoms with Gasteiger partial charge in [-0.1, -0.05) is 38.1 Å². The van der Waals surface area contributed by atoms with Crippen LogP contribution < -0.4 is 9.47 Å². The maximum Gasteiger partial charge on any atom is 0.120 e. The number of benzene rings is 2. The Kier molecular flexibility index (Phi) is 5.75. The van der Waals surface area contributed by atoms with Gasteiger partial charge in [0, 0.05) is 5.41 Å². The number of ether oxygens (including phenoxy) is 2. The Morgan fingerprint density at radius 2 is 0.885 bits per heavy atom. The molecule has 0 unspecified atom stereocenters. The van der Waals surface area contributed by atoms with Crippen LogP contribution >= 0.6 is 0 Å². The van der Waals surface area contributed by atoms with Crippen LogP contribution in [-0.4, -0.2) is 11.2 Å². The molecule has 0 radical (unpaired) electrons. The molecule has 142 valence electrons. The van der Waals surface area contributed by atoms with Crippen molar-refractivity contribution in [3.05, 3.63) is 59.7 Å². The van der Waals surface area contributed by atoms with E-state index in [4.69, 9.17) is 9.47 Å². The smallest absolute Gasteiger partial charge is 0.120 e. The minimum absolute atomic E-state index is 0.0411. The molecule has 0 fully saturated rings. The molecule has 0 atom stereocenters. The molecule has 26 heavy (non-hydrogen) atoms. The second-order valence-electron chi connectivity index (χ2n) is 9.16. The van der Waals surface area contributed by atoms with E-state index in [-0.39, 0.29) is 16.6 Å². The molecule has 2 aromatic carbocycles. The van der Waals surface area contributed by atoms with Gasteiger partial charge in [0.25, 0.3) is 0 Å². The van der Waals surface area contributed by atoms with Crippen molar-refractivity contribution < 1.29 is 9.47 Å². The van der Waals surface area contributed by atoms with Gasteiger partial charge in [0.15, 0.2) is 0 Å². The minimum atomic E-state index is -0.182. The first-order valence-electron chi connectivity index (χ1n) is 9.52. The lowest BCUT2D eigenvalue weighted by Gasteiger charge is -2.31. The van der Waals surface area contributed by atoms with Crippen molar-refractivity contribution in [1.82, 2.24) is 0 Å². The summed E-state index contributed by atoms with van der Waals surface area (Å²) in [6.07, 6.45) is 1.02. The fourth-order valence-electron chi connectivity index (χ4n) is 3.06. The zero-order chi connectivity index (χ0) is 19.6. The molecule has 0 aliphatic rings. The van der Waals surface area contributed by atoms with Gasteiger partial charge in [0.05, 0.1) is 0 Å². The molecule has 0 aliphatic heterocycles. The average molecular weight is 355 g/mol. The molecule has 0 saturated carbocycles. The van der Waals surface area contributed by atoms with E-state index in [0.29, 0.717) is 0 Å². The Morgan fingerprint density at radius 1 is 0.577 bits per heavy atom. The average Bonchev–Trinajstić information content (AvgIpc) is 2.52. The molecule has 0 amide bonds. The molecule has 0 N–H and O–H groups in total. The SMILES string of the molecule is CCC(C)(c1ccc(OC(C)(C)C)cc1)c1ccc(OC(C)(C)C)cc1. The minimum Gasteiger partial charge on any atom is -0.488 e. The third kappa shape index (κ3) is 5.27. The van der Waals surface area contributed by atoms with Gasteiger partial charge in [-0.15, -0.1) is 0 Å². The quantitative estimate of drug-likeness (QED) is 0.591. The lowest BCUT2D eigenvalue weighted by atomic mass is 9.74. The van der Waals surface area contributed by atoms with E-state index >= 15 is 0 Å². The highest BCUT2D eigenvalue weighted by Gasteiger charge is 2.27. The Bertz CT molecular complexity index is 638. The van der Waals surface area contributed by atoms with Crippen molar-refractivity contribution in [2.75, 3.05) is 0 Å². The second kappa shape index (κ2) is 7.34. The van der Waals surface area contributed by atoms with Crippen molar-refractivity contribution in [2.24, 2.45) is 0 Å². The summed E-state index contributed by atoms with van der Waals surface area (Å²) in [6.45, 7) is 16.9. The van der Waals surface area contributed by atoms with Crippen LogP contribution in [0.2, 0.25) is 0 Å². The molecule has 2 heteroatoms. The topological polar surface area (TPSA) is 18.5 Å². The van der Waals surface area contributed by atoms with E-state index in [0.717, 1.165) is 17.9 Å². The Hall–Kier alpha value is -1.96. The fourth-order valence-corrected chi connectivity index (χ4v) is 3.06. The number of hydrogen-bond donors (Lipinski definition) is 0. The third-order valence-electron chi connectivity index (χ3n) is 4.54. The molecule has 2 rings (SSSR count). The predicted molar refractivity (Wildman–Crippen MR) is 110 cm³/mol. The first kappa shape index (κ1) is 20.4. The molecule has 0 saturated heterocycles. The molecule has 0 spiro atoms. The van der Waals surface area contributed by atoms with E-state index in [2.05, 4.69) is 104 Å². The van der Waals surface area contributed by atoms with Gasteiger partial charge in [-0.2, -0.15) is 0 Å². The highest BCUT2D eigenvalue weighted by molar-refractivity contribution is 5.42. The van der Waals surface area contributed by atoms with Crippen LogP contribution in [0.3, 0.4) is 0 Å². The lowest BCUT2D eigenvalue weighted by Crippen LogP contribution is -2.25. The van der Waals surface area contributed by atoms with Crippen LogP contribution in [0.15, 0.2) is 48.5 Å². The van der Waals surface area contributed by atoms with E-state index in [1.807, 2.05) is 0 Å². The third-order valence-corrected chi connectivity index (χ3v) is 4.54. The zero-order valence-corrected chi connectivity index (χ0v) is 17.6. The first-order chi connectivity index (χ1) is 11.9. The monoisotopic (exact) mass is 354 g/mol. The van der Waals surface area contributed by atoms with E-state index < -0.39 is 0 Å². The Morgan fingerprint density at radius 3 is 1.12 bits per heavy atom. The summed E-state index contributed by atoms with van der Waals surface area (Å²) in [5.41, 5.74) is 2.19. The van der Waals surface area contributed by atoms with Crippen molar-refractivity contribution >= 4 is 0 Å². The molecular formula is C24H34O2. The predicted octanol–water partition coefficient (Wildman–Crippen LogP) is 6.76. The van der Waals surface area contributed by atoms with Gasteiger partial charge in [0.2, 0.25) is 0 Å². The molecule has 0 aliphatic carbocycles. The summed E-state index contributed by atoms with van der Waals surface area (Å²) in [7, 11) is 0. The largest absolute Gasteiger partial charge is 0.488 e. The summed E-state index contributed by atoms with van der Waals surface area (Å²) in [4.78, 5) is 0. The summed E-state index contributed by atoms with van der Waals surface area (Å²) >= 11 is 0. The molecule has 0 aromatic heterocycles. The summed E-state index contributed by atoms with van der Waals surface area (Å²) in [5.74, 6) is 1.82. The molecule has 0 heterocycles. The fraction of sp³-hybridized carbons (Fsp3) is 0.500. The van der Waals surface area contributed by atoms with Crippen LogP contribution in [0.25, 0.3) is 0 Å². The van der Waals surface area contributed by atoms with E-state index in [1.165, 1.54) is 11.1 Å². The van der Waals surface area contributed by atoms with Gasteiger partial charge in [-0.05, 0) is 83.4 Å². The zero-order valence-electron chi connectivity index (χ0n) is 17.6. The molecule has 0 bridgehead atoms. The second-order valence-corrected chi connectivity index (χ2v) is 9.16. The van der Waals surface area contributed by atoms with Gasteiger partial charge >= 0.3 is 0 Å². The normalized spacial score (nSPS) is 12.8. The Labute approximate surface area is 159 Å². The highest BCUT2D eigenvalue weighted by Crippen LogP contribution is 2.37. The maximum atomic E-state index is 5.95. The van der Waals surface area contributed by atoms with Crippen molar-refractivity contribution in [1.29, 1.82) is 0 Å². The van der Waals surface area contributed by atoms with Crippen LogP contribution in [0, 0.1) is 0 Å². The van der Waals surface area contributed by atoms with Gasteiger partial charge in [0.1, 0.15) is 22.7 Å². The van der Waals surface area contributed by atoms with Crippen LogP contribution in [0.5, 0.6) is 11.5 Å². The number of hydrogen-bond acceptors (Lipinski definition) is 2. The van der Waals surface area contributed by atoms with Gasteiger partial charge in [-0.25, -0.2) is 0 Å². The summed E-state index contributed by atoms with van der Waals surface area (Å²) < 4.78 is 11.9.